The number of aromatic nitrogens is 1. The van der Waals surface area contributed by atoms with Crippen LogP contribution in [-0.4, -0.2) is 65.1 Å². The van der Waals surface area contributed by atoms with Crippen molar-refractivity contribution in [3.05, 3.63) is 35.8 Å². The van der Waals surface area contributed by atoms with Gasteiger partial charge in [0.1, 0.15) is 5.82 Å². The number of hydrogen-bond acceptors (Lipinski definition) is 3. The van der Waals surface area contributed by atoms with Crippen molar-refractivity contribution in [2.24, 2.45) is 0 Å². The molecular weight excluding hydrogens is 321 g/mol. The molecule has 0 aliphatic carbocycles. The summed E-state index contributed by atoms with van der Waals surface area (Å²) in [5.74, 6) is -0.152. The van der Waals surface area contributed by atoms with Gasteiger partial charge in [-0.3, -0.25) is 4.79 Å². The zero-order valence-corrected chi connectivity index (χ0v) is 14.7. The third-order valence-corrected chi connectivity index (χ3v) is 5.18. The molecule has 1 aromatic heterocycles. The van der Waals surface area contributed by atoms with Crippen LogP contribution < -0.4 is 0 Å². The average Bonchev–Trinajstić information content (AvgIpc) is 3.01. The highest BCUT2D eigenvalue weighted by molar-refractivity contribution is 5.89. The minimum Gasteiger partial charge on any atom is -0.396 e. The van der Waals surface area contributed by atoms with E-state index in [1.54, 1.807) is 12.3 Å². The van der Waals surface area contributed by atoms with Gasteiger partial charge in [-0.25, -0.2) is 4.39 Å². The standard InChI is InChI=1S/C19H26FN3O2/c1-22(7-2-10-24)16-5-8-23(9-6-16)19(25)11-14-13-21-18-12-15(20)3-4-17(14)18/h3-4,12-13,16,21,24H,2,5-11H2,1H3. The molecule has 1 saturated heterocycles. The average molecular weight is 347 g/mol. The fourth-order valence-corrected chi connectivity index (χ4v) is 3.64. The molecule has 5 nitrogen and oxygen atoms in total. The van der Waals surface area contributed by atoms with Gasteiger partial charge in [0.25, 0.3) is 0 Å². The number of aliphatic hydroxyl groups is 1. The SMILES string of the molecule is CN(CCCO)C1CCN(C(=O)Cc2c[nH]c3cc(F)ccc23)CC1. The number of benzene rings is 1. The Kier molecular flexibility index (Phi) is 5.71. The highest BCUT2D eigenvalue weighted by Gasteiger charge is 2.25. The fourth-order valence-electron chi connectivity index (χ4n) is 3.64. The van der Waals surface area contributed by atoms with Gasteiger partial charge in [0.15, 0.2) is 0 Å². The summed E-state index contributed by atoms with van der Waals surface area (Å²) in [6, 6.07) is 5.09. The largest absolute Gasteiger partial charge is 0.396 e. The molecule has 2 N–H and O–H groups in total. The van der Waals surface area contributed by atoms with Crippen LogP contribution in [0.15, 0.2) is 24.4 Å². The first-order chi connectivity index (χ1) is 12.1. The van der Waals surface area contributed by atoms with Crippen LogP contribution in [0.4, 0.5) is 4.39 Å². The number of fused-ring (bicyclic) bond motifs is 1. The van der Waals surface area contributed by atoms with Crippen LogP contribution in [0, 0.1) is 5.82 Å². The van der Waals surface area contributed by atoms with E-state index in [4.69, 9.17) is 5.11 Å². The third kappa shape index (κ3) is 4.19. The molecule has 0 unspecified atom stereocenters. The number of halogens is 1. The number of aliphatic hydroxyl groups excluding tert-OH is 1. The predicted octanol–water partition coefficient (Wildman–Crippen LogP) is 2.15. The second-order valence-electron chi connectivity index (χ2n) is 6.85. The lowest BCUT2D eigenvalue weighted by Gasteiger charge is -2.36. The van der Waals surface area contributed by atoms with E-state index >= 15 is 0 Å². The summed E-state index contributed by atoms with van der Waals surface area (Å²) in [5, 5.41) is 9.85. The van der Waals surface area contributed by atoms with Gasteiger partial charge in [0.2, 0.25) is 5.91 Å². The number of piperidine rings is 1. The van der Waals surface area contributed by atoms with Crippen molar-refractivity contribution in [1.82, 2.24) is 14.8 Å². The van der Waals surface area contributed by atoms with Crippen molar-refractivity contribution in [3.8, 4) is 0 Å². The van der Waals surface area contributed by atoms with Crippen molar-refractivity contribution in [1.29, 1.82) is 0 Å². The van der Waals surface area contributed by atoms with Crippen LogP contribution in [0.1, 0.15) is 24.8 Å². The number of amides is 1. The van der Waals surface area contributed by atoms with Crippen molar-refractivity contribution in [3.63, 3.8) is 0 Å². The van der Waals surface area contributed by atoms with Crippen LogP contribution in [0.2, 0.25) is 0 Å². The number of aromatic amines is 1. The Morgan fingerprint density at radius 3 is 2.88 bits per heavy atom. The lowest BCUT2D eigenvalue weighted by atomic mass is 10.0. The predicted molar refractivity (Wildman–Crippen MR) is 95.9 cm³/mol. The van der Waals surface area contributed by atoms with E-state index in [9.17, 15) is 9.18 Å². The van der Waals surface area contributed by atoms with Crippen LogP contribution in [-0.2, 0) is 11.2 Å². The number of carbonyl (C=O) groups is 1. The molecule has 0 atom stereocenters. The number of rotatable bonds is 6. The maximum atomic E-state index is 13.3. The Labute approximate surface area is 147 Å². The minimum absolute atomic E-state index is 0.127. The lowest BCUT2D eigenvalue weighted by molar-refractivity contribution is -0.132. The summed E-state index contributed by atoms with van der Waals surface area (Å²) in [6.07, 6.45) is 4.87. The monoisotopic (exact) mass is 347 g/mol. The van der Waals surface area contributed by atoms with E-state index in [2.05, 4.69) is 16.9 Å². The summed E-state index contributed by atoms with van der Waals surface area (Å²) in [5.41, 5.74) is 1.65. The van der Waals surface area contributed by atoms with Gasteiger partial charge in [0, 0.05) is 49.4 Å². The van der Waals surface area contributed by atoms with Crippen LogP contribution >= 0.6 is 0 Å². The topological polar surface area (TPSA) is 59.6 Å². The molecule has 1 aliphatic heterocycles. The van der Waals surface area contributed by atoms with Gasteiger partial charge in [-0.15, -0.1) is 0 Å². The molecule has 1 aromatic carbocycles. The summed E-state index contributed by atoms with van der Waals surface area (Å²) >= 11 is 0. The summed E-state index contributed by atoms with van der Waals surface area (Å²) in [6.45, 7) is 2.64. The van der Waals surface area contributed by atoms with Crippen molar-refractivity contribution >= 4 is 16.8 Å². The molecule has 2 heterocycles. The van der Waals surface area contributed by atoms with E-state index in [1.165, 1.54) is 12.1 Å². The van der Waals surface area contributed by atoms with Crippen LogP contribution in [0.5, 0.6) is 0 Å². The van der Waals surface area contributed by atoms with E-state index in [0.29, 0.717) is 12.5 Å². The number of carbonyl (C=O) groups excluding carboxylic acids is 1. The summed E-state index contributed by atoms with van der Waals surface area (Å²) in [7, 11) is 2.09. The zero-order chi connectivity index (χ0) is 17.8. The normalized spacial score (nSPS) is 16.1. The zero-order valence-electron chi connectivity index (χ0n) is 14.7. The molecule has 0 bridgehead atoms. The second kappa shape index (κ2) is 7.97. The molecule has 0 spiro atoms. The van der Waals surface area contributed by atoms with Crippen LogP contribution in [0.25, 0.3) is 10.9 Å². The molecule has 0 radical (unpaired) electrons. The number of nitrogens with one attached hydrogen (secondary N) is 1. The molecule has 1 fully saturated rings. The van der Waals surface area contributed by atoms with Gasteiger partial charge in [-0.1, -0.05) is 0 Å². The van der Waals surface area contributed by atoms with Crippen molar-refractivity contribution < 1.29 is 14.3 Å². The Balaban J connectivity index is 1.56. The van der Waals surface area contributed by atoms with Gasteiger partial charge in [-0.05, 0) is 50.1 Å². The van der Waals surface area contributed by atoms with E-state index in [-0.39, 0.29) is 18.3 Å². The molecule has 2 aromatic rings. The second-order valence-corrected chi connectivity index (χ2v) is 6.85. The number of nitrogens with zero attached hydrogens (tertiary/aromatic N) is 2. The van der Waals surface area contributed by atoms with Crippen LogP contribution in [0.3, 0.4) is 0 Å². The molecule has 25 heavy (non-hydrogen) atoms. The fraction of sp³-hybridized carbons (Fsp3) is 0.526. The first-order valence-corrected chi connectivity index (χ1v) is 8.93. The van der Waals surface area contributed by atoms with E-state index < -0.39 is 0 Å². The molecule has 6 heteroatoms. The molecule has 136 valence electrons. The highest BCUT2D eigenvalue weighted by atomic mass is 19.1. The molecular formula is C19H26FN3O2. The smallest absolute Gasteiger partial charge is 0.227 e. The first-order valence-electron chi connectivity index (χ1n) is 8.93. The minimum atomic E-state index is -0.278. The van der Waals surface area contributed by atoms with Gasteiger partial charge >= 0.3 is 0 Å². The molecule has 3 rings (SSSR count). The summed E-state index contributed by atoms with van der Waals surface area (Å²) in [4.78, 5) is 19.9. The highest BCUT2D eigenvalue weighted by Crippen LogP contribution is 2.22. The number of H-pyrrole nitrogens is 1. The lowest BCUT2D eigenvalue weighted by Crippen LogP contribution is -2.46. The van der Waals surface area contributed by atoms with E-state index in [1.807, 2.05) is 4.90 Å². The Hall–Kier alpha value is -1.92. The first kappa shape index (κ1) is 17.9. The van der Waals surface area contributed by atoms with Gasteiger partial charge < -0.3 is 19.9 Å². The number of hydrogen-bond donors (Lipinski definition) is 2. The third-order valence-electron chi connectivity index (χ3n) is 5.18. The quantitative estimate of drug-likeness (QED) is 0.842. The van der Waals surface area contributed by atoms with Crippen molar-refractivity contribution in [2.45, 2.75) is 31.7 Å². The number of likely N-dealkylation sites (tertiary alicyclic amines) is 1. The maximum absolute atomic E-state index is 13.3. The van der Waals surface area contributed by atoms with E-state index in [0.717, 1.165) is 55.4 Å². The molecule has 0 saturated carbocycles. The Bertz CT molecular complexity index is 723. The maximum Gasteiger partial charge on any atom is 0.227 e. The molecule has 1 amide bonds. The van der Waals surface area contributed by atoms with Gasteiger partial charge in [0.05, 0.1) is 6.42 Å². The summed E-state index contributed by atoms with van der Waals surface area (Å²) < 4.78 is 13.3. The van der Waals surface area contributed by atoms with Crippen molar-refractivity contribution in [2.75, 3.05) is 33.3 Å². The Morgan fingerprint density at radius 2 is 2.16 bits per heavy atom. The molecule has 1 aliphatic rings. The van der Waals surface area contributed by atoms with Gasteiger partial charge in [-0.2, -0.15) is 0 Å². The Morgan fingerprint density at radius 1 is 1.40 bits per heavy atom.